The molecule has 5 rings (SSSR count). The second-order valence-electron chi connectivity index (χ2n) is 11.5. The zero-order valence-electron chi connectivity index (χ0n) is 23.6. The summed E-state index contributed by atoms with van der Waals surface area (Å²) in [5.41, 5.74) is 4.82. The molecule has 0 radical (unpaired) electrons. The monoisotopic (exact) mass is 529 g/mol. The Kier molecular flexibility index (Phi) is 8.97. The molecule has 2 aromatic heterocycles. The molecule has 7 heteroatoms. The molecule has 208 valence electrons. The van der Waals surface area contributed by atoms with Gasteiger partial charge in [-0.2, -0.15) is 5.10 Å². The lowest BCUT2D eigenvalue weighted by atomic mass is 9.73. The number of pyridine rings is 1. The van der Waals surface area contributed by atoms with E-state index >= 15 is 0 Å². The number of likely N-dealkylation sites (tertiary alicyclic amines) is 1. The van der Waals surface area contributed by atoms with E-state index < -0.39 is 0 Å². The van der Waals surface area contributed by atoms with E-state index in [0.29, 0.717) is 13.0 Å². The van der Waals surface area contributed by atoms with Crippen molar-refractivity contribution in [2.24, 2.45) is 12.5 Å². The topological polar surface area (TPSA) is 63.5 Å². The van der Waals surface area contributed by atoms with Gasteiger partial charge in [-0.05, 0) is 80.2 Å². The number of hydrogen-bond donors (Lipinski definition) is 0. The number of piperidine rings is 1. The van der Waals surface area contributed by atoms with Crippen molar-refractivity contribution < 1.29 is 9.53 Å². The van der Waals surface area contributed by atoms with Gasteiger partial charge in [-0.3, -0.25) is 19.4 Å². The third kappa shape index (κ3) is 7.27. The average molecular weight is 530 g/mol. The van der Waals surface area contributed by atoms with Gasteiger partial charge >= 0.3 is 0 Å². The van der Waals surface area contributed by atoms with E-state index in [4.69, 9.17) is 4.74 Å². The Morgan fingerprint density at radius 1 is 1.03 bits per heavy atom. The number of amides is 1. The summed E-state index contributed by atoms with van der Waals surface area (Å²) in [5.74, 6) is 1.30. The van der Waals surface area contributed by atoms with Crippen LogP contribution in [0.5, 0.6) is 5.75 Å². The summed E-state index contributed by atoms with van der Waals surface area (Å²) in [7, 11) is 1.94. The van der Waals surface area contributed by atoms with Gasteiger partial charge < -0.3 is 9.64 Å². The number of rotatable bonds is 5. The fourth-order valence-corrected chi connectivity index (χ4v) is 6.37. The lowest BCUT2D eigenvalue weighted by Crippen LogP contribution is -2.48. The molecule has 0 saturated carbocycles. The van der Waals surface area contributed by atoms with Crippen molar-refractivity contribution in [3.05, 3.63) is 77.4 Å². The molecule has 0 bridgehead atoms. The Morgan fingerprint density at radius 2 is 1.85 bits per heavy atom. The van der Waals surface area contributed by atoms with E-state index in [2.05, 4.69) is 56.3 Å². The van der Waals surface area contributed by atoms with Gasteiger partial charge in [0.1, 0.15) is 12.4 Å². The minimum atomic E-state index is 0.213. The predicted octanol–water partition coefficient (Wildman–Crippen LogP) is 4.97. The Hall–Kier alpha value is -3.19. The number of aryl methyl sites for hydroxylation is 4. The maximum Gasteiger partial charge on any atom is 0.222 e. The first kappa shape index (κ1) is 27.4. The molecule has 1 amide bonds. The molecule has 0 unspecified atom stereocenters. The number of carbonyl (C=O) groups is 1. The van der Waals surface area contributed by atoms with Crippen molar-refractivity contribution >= 4 is 5.91 Å². The summed E-state index contributed by atoms with van der Waals surface area (Å²) in [5, 5.41) is 4.43. The molecule has 1 saturated heterocycles. The molecule has 2 aliphatic heterocycles. The quantitative estimate of drug-likeness (QED) is 0.467. The normalized spacial score (nSPS) is 18.6. The summed E-state index contributed by atoms with van der Waals surface area (Å²) >= 11 is 0. The van der Waals surface area contributed by atoms with Gasteiger partial charge in [0.25, 0.3) is 0 Å². The van der Waals surface area contributed by atoms with Crippen LogP contribution >= 0.6 is 0 Å². The first-order valence-electron chi connectivity index (χ1n) is 14.6. The third-order valence-corrected chi connectivity index (χ3v) is 8.61. The van der Waals surface area contributed by atoms with Crippen molar-refractivity contribution in [1.82, 2.24) is 24.6 Å². The van der Waals surface area contributed by atoms with Crippen molar-refractivity contribution in [2.45, 2.75) is 64.8 Å². The Balaban J connectivity index is 1.26. The van der Waals surface area contributed by atoms with Crippen molar-refractivity contribution in [3.8, 4) is 5.75 Å². The van der Waals surface area contributed by atoms with E-state index in [1.165, 1.54) is 24.0 Å². The molecular formula is C32H43N5O2. The van der Waals surface area contributed by atoms with Crippen LogP contribution in [0.1, 0.15) is 61.0 Å². The number of aromatic nitrogens is 3. The number of carbonyl (C=O) groups excluding carboxylic acids is 1. The molecule has 0 atom stereocenters. The molecule has 39 heavy (non-hydrogen) atoms. The summed E-state index contributed by atoms with van der Waals surface area (Å²) in [6, 6.07) is 14.7. The van der Waals surface area contributed by atoms with E-state index in [1.807, 2.05) is 37.1 Å². The molecule has 4 heterocycles. The number of ether oxygens (including phenoxy) is 1. The number of nitrogens with zero attached hydrogens (tertiary/aromatic N) is 5. The van der Waals surface area contributed by atoms with Crippen LogP contribution < -0.4 is 4.74 Å². The Labute approximate surface area is 233 Å². The fraction of sp³-hybridized carbons (Fsp3) is 0.531. The van der Waals surface area contributed by atoms with Crippen molar-refractivity contribution in [1.29, 1.82) is 0 Å². The van der Waals surface area contributed by atoms with Crippen molar-refractivity contribution in [2.75, 3.05) is 32.8 Å². The molecule has 1 fully saturated rings. The highest BCUT2D eigenvalue weighted by Gasteiger charge is 2.37. The smallest absolute Gasteiger partial charge is 0.222 e. The summed E-state index contributed by atoms with van der Waals surface area (Å²) < 4.78 is 8.14. The predicted molar refractivity (Wildman–Crippen MR) is 154 cm³/mol. The SMILES string of the molecule is Cc1nn(C)cc1CCC(=O)N1CCC2(CCCCc3ccccc3OCCN(Cc3ccccn3)C2)CC1. The molecule has 0 aliphatic carbocycles. The van der Waals surface area contributed by atoms with E-state index in [9.17, 15) is 4.79 Å². The Morgan fingerprint density at radius 3 is 2.62 bits per heavy atom. The summed E-state index contributed by atoms with van der Waals surface area (Å²) in [6.07, 6.45) is 12.0. The number of benzene rings is 1. The van der Waals surface area contributed by atoms with E-state index in [1.54, 1.807) is 0 Å². The highest BCUT2D eigenvalue weighted by atomic mass is 16.5. The molecule has 2 aliphatic rings. The zero-order valence-corrected chi connectivity index (χ0v) is 23.6. The van der Waals surface area contributed by atoms with Gasteiger partial charge in [0, 0.05) is 58.6 Å². The second-order valence-corrected chi connectivity index (χ2v) is 11.5. The van der Waals surface area contributed by atoms with Crippen LogP contribution in [0.15, 0.2) is 54.9 Å². The van der Waals surface area contributed by atoms with Gasteiger partial charge in [-0.25, -0.2) is 0 Å². The van der Waals surface area contributed by atoms with Gasteiger partial charge in [0.05, 0.1) is 11.4 Å². The minimum absolute atomic E-state index is 0.213. The van der Waals surface area contributed by atoms with E-state index in [-0.39, 0.29) is 11.3 Å². The van der Waals surface area contributed by atoms with Gasteiger partial charge in [0.2, 0.25) is 5.91 Å². The van der Waals surface area contributed by atoms with Crippen LogP contribution in [0.4, 0.5) is 0 Å². The third-order valence-electron chi connectivity index (χ3n) is 8.61. The lowest BCUT2D eigenvalue weighted by molar-refractivity contribution is -0.133. The highest BCUT2D eigenvalue weighted by Crippen LogP contribution is 2.39. The van der Waals surface area contributed by atoms with E-state index in [0.717, 1.165) is 82.0 Å². The van der Waals surface area contributed by atoms with Gasteiger partial charge in [-0.1, -0.05) is 30.7 Å². The molecule has 1 aromatic carbocycles. The molecule has 0 N–H and O–H groups in total. The summed E-state index contributed by atoms with van der Waals surface area (Å²) in [6.45, 7) is 7.09. The zero-order chi connectivity index (χ0) is 27.1. The number of hydrogen-bond acceptors (Lipinski definition) is 5. The lowest BCUT2D eigenvalue weighted by Gasteiger charge is -2.45. The van der Waals surface area contributed by atoms with Crippen LogP contribution in [0, 0.1) is 12.3 Å². The standard InChI is InChI=1S/C32H43N5O2/c1-26-28(23-35(2)34-26)13-14-31(38)37-19-16-32(17-20-37)15-7-5-10-27-9-3-4-12-30(27)39-22-21-36(25-32)24-29-11-6-8-18-33-29/h3-4,6,8-9,11-12,18,23H,5,7,10,13-17,19-22,24-25H2,1-2H3. The molecular weight excluding hydrogens is 486 g/mol. The largest absolute Gasteiger partial charge is 0.492 e. The molecule has 3 aromatic rings. The first-order chi connectivity index (χ1) is 19.0. The number of para-hydroxylation sites is 1. The fourth-order valence-electron chi connectivity index (χ4n) is 6.37. The van der Waals surface area contributed by atoms with Crippen LogP contribution in [0.3, 0.4) is 0 Å². The maximum absolute atomic E-state index is 13.2. The Bertz CT molecular complexity index is 1220. The van der Waals surface area contributed by atoms with Gasteiger partial charge in [-0.15, -0.1) is 0 Å². The highest BCUT2D eigenvalue weighted by molar-refractivity contribution is 5.76. The second kappa shape index (κ2) is 12.8. The molecule has 7 nitrogen and oxygen atoms in total. The van der Waals surface area contributed by atoms with Crippen LogP contribution in [-0.2, 0) is 31.2 Å². The number of fused-ring (bicyclic) bond motifs is 1. The van der Waals surface area contributed by atoms with Crippen LogP contribution in [-0.4, -0.2) is 63.3 Å². The van der Waals surface area contributed by atoms with Crippen LogP contribution in [0.2, 0.25) is 0 Å². The van der Waals surface area contributed by atoms with Crippen LogP contribution in [0.25, 0.3) is 0 Å². The maximum atomic E-state index is 13.2. The van der Waals surface area contributed by atoms with Crippen molar-refractivity contribution in [3.63, 3.8) is 0 Å². The molecule has 1 spiro atoms. The summed E-state index contributed by atoms with van der Waals surface area (Å²) in [4.78, 5) is 22.4. The average Bonchev–Trinajstić information content (AvgIpc) is 3.27. The van der Waals surface area contributed by atoms with Gasteiger partial charge in [0.15, 0.2) is 0 Å². The minimum Gasteiger partial charge on any atom is -0.492 e. The first-order valence-corrected chi connectivity index (χ1v) is 14.6.